The molecule has 0 radical (unpaired) electrons. The SMILES string of the molecule is N#Cc1cccc(S(=O)(=O)N2CCC(n3c(=O)[nH]c4ccccc43)CC2)c1. The quantitative estimate of drug-likeness (QED) is 0.751. The van der Waals surface area contributed by atoms with Crippen LogP contribution >= 0.6 is 0 Å². The smallest absolute Gasteiger partial charge is 0.306 e. The Morgan fingerprint density at radius 3 is 2.56 bits per heavy atom. The molecule has 1 aliphatic heterocycles. The number of sulfonamides is 1. The highest BCUT2D eigenvalue weighted by molar-refractivity contribution is 7.89. The van der Waals surface area contributed by atoms with Crippen molar-refractivity contribution in [3.8, 4) is 6.07 Å². The molecular formula is C19H18N4O3S. The lowest BCUT2D eigenvalue weighted by molar-refractivity contribution is 0.274. The minimum absolute atomic E-state index is 0.0504. The average molecular weight is 382 g/mol. The maximum absolute atomic E-state index is 12.9. The maximum Gasteiger partial charge on any atom is 0.326 e. The van der Waals surface area contributed by atoms with E-state index in [1.165, 1.54) is 16.4 Å². The summed E-state index contributed by atoms with van der Waals surface area (Å²) in [5, 5.41) is 9.00. The maximum atomic E-state index is 12.9. The highest BCUT2D eigenvalue weighted by Crippen LogP contribution is 2.28. The van der Waals surface area contributed by atoms with E-state index in [0.717, 1.165) is 11.0 Å². The summed E-state index contributed by atoms with van der Waals surface area (Å²) in [5.74, 6) is 0. The number of imidazole rings is 1. The highest BCUT2D eigenvalue weighted by atomic mass is 32.2. The molecule has 1 fully saturated rings. The number of H-pyrrole nitrogens is 1. The van der Waals surface area contributed by atoms with Gasteiger partial charge in [-0.1, -0.05) is 18.2 Å². The molecular weight excluding hydrogens is 364 g/mol. The number of fused-ring (bicyclic) bond motifs is 1. The van der Waals surface area contributed by atoms with E-state index in [-0.39, 0.29) is 16.6 Å². The Labute approximate surface area is 156 Å². The first-order valence-corrected chi connectivity index (χ1v) is 10.1. The van der Waals surface area contributed by atoms with Crippen LogP contribution in [0.3, 0.4) is 0 Å². The summed E-state index contributed by atoms with van der Waals surface area (Å²) < 4.78 is 28.9. The zero-order valence-electron chi connectivity index (χ0n) is 14.5. The number of aromatic amines is 1. The molecule has 0 saturated carbocycles. The van der Waals surface area contributed by atoms with E-state index in [9.17, 15) is 13.2 Å². The van der Waals surface area contributed by atoms with E-state index in [1.54, 1.807) is 16.7 Å². The molecule has 0 unspecified atom stereocenters. The number of piperidine rings is 1. The minimum Gasteiger partial charge on any atom is -0.306 e. The molecule has 4 rings (SSSR count). The second-order valence-electron chi connectivity index (χ2n) is 6.59. The van der Waals surface area contributed by atoms with Crippen molar-refractivity contribution >= 4 is 21.1 Å². The lowest BCUT2D eigenvalue weighted by atomic mass is 10.1. The normalized spacial score (nSPS) is 16.4. The topological polar surface area (TPSA) is 99.0 Å². The number of hydrogen-bond acceptors (Lipinski definition) is 4. The Morgan fingerprint density at radius 1 is 1.07 bits per heavy atom. The zero-order valence-corrected chi connectivity index (χ0v) is 15.3. The number of aromatic nitrogens is 2. The van der Waals surface area contributed by atoms with Crippen molar-refractivity contribution in [1.29, 1.82) is 5.26 Å². The summed E-state index contributed by atoms with van der Waals surface area (Å²) in [7, 11) is -3.65. The third kappa shape index (κ3) is 3.05. The van der Waals surface area contributed by atoms with Gasteiger partial charge in [-0.05, 0) is 43.2 Å². The third-order valence-corrected chi connectivity index (χ3v) is 6.91. The number of para-hydroxylation sites is 2. The number of nitriles is 1. The molecule has 8 heteroatoms. The summed E-state index contributed by atoms with van der Waals surface area (Å²) >= 11 is 0. The molecule has 1 aliphatic rings. The van der Waals surface area contributed by atoms with Crippen LogP contribution in [-0.2, 0) is 10.0 Å². The van der Waals surface area contributed by atoms with Crippen molar-refractivity contribution in [1.82, 2.24) is 13.9 Å². The molecule has 1 N–H and O–H groups in total. The zero-order chi connectivity index (χ0) is 19.0. The van der Waals surface area contributed by atoms with Gasteiger partial charge in [0.1, 0.15) is 0 Å². The fraction of sp³-hybridized carbons (Fsp3) is 0.263. The molecule has 0 amide bonds. The van der Waals surface area contributed by atoms with Crippen LogP contribution in [0.25, 0.3) is 11.0 Å². The average Bonchev–Trinajstić information content (AvgIpc) is 3.03. The van der Waals surface area contributed by atoms with Crippen LogP contribution in [0.1, 0.15) is 24.4 Å². The summed E-state index contributed by atoms with van der Waals surface area (Å²) in [4.78, 5) is 15.3. The number of hydrogen-bond donors (Lipinski definition) is 1. The summed E-state index contributed by atoms with van der Waals surface area (Å²) in [5.41, 5.74) is 1.77. The molecule has 0 spiro atoms. The van der Waals surface area contributed by atoms with Crippen LogP contribution in [0.2, 0.25) is 0 Å². The van der Waals surface area contributed by atoms with Gasteiger partial charge < -0.3 is 4.98 Å². The van der Waals surface area contributed by atoms with E-state index < -0.39 is 10.0 Å². The lowest BCUT2D eigenvalue weighted by Crippen LogP contribution is -2.40. The molecule has 2 aromatic carbocycles. The lowest BCUT2D eigenvalue weighted by Gasteiger charge is -2.31. The minimum atomic E-state index is -3.65. The summed E-state index contributed by atoms with van der Waals surface area (Å²) in [6, 6.07) is 15.5. The number of rotatable bonds is 3. The van der Waals surface area contributed by atoms with E-state index in [2.05, 4.69) is 4.98 Å². The first kappa shape index (κ1) is 17.5. The van der Waals surface area contributed by atoms with Crippen LogP contribution in [-0.4, -0.2) is 35.4 Å². The number of nitrogens with zero attached hydrogens (tertiary/aromatic N) is 3. The van der Waals surface area contributed by atoms with Crippen molar-refractivity contribution in [3.63, 3.8) is 0 Å². The van der Waals surface area contributed by atoms with Gasteiger partial charge in [-0.2, -0.15) is 9.57 Å². The fourth-order valence-electron chi connectivity index (χ4n) is 3.65. The van der Waals surface area contributed by atoms with Gasteiger partial charge in [-0.3, -0.25) is 4.57 Å². The van der Waals surface area contributed by atoms with E-state index in [1.807, 2.05) is 30.3 Å². The Balaban J connectivity index is 1.57. The Kier molecular flexibility index (Phi) is 4.34. The van der Waals surface area contributed by atoms with Crippen molar-refractivity contribution in [2.24, 2.45) is 0 Å². The van der Waals surface area contributed by atoms with Gasteiger partial charge in [0.25, 0.3) is 0 Å². The molecule has 7 nitrogen and oxygen atoms in total. The Hall–Kier alpha value is -2.89. The largest absolute Gasteiger partial charge is 0.326 e. The molecule has 3 aromatic rings. The fourth-order valence-corrected chi connectivity index (χ4v) is 5.17. The molecule has 0 aliphatic carbocycles. The van der Waals surface area contributed by atoms with Gasteiger partial charge in [0.15, 0.2) is 0 Å². The molecule has 1 saturated heterocycles. The van der Waals surface area contributed by atoms with Gasteiger partial charge in [-0.15, -0.1) is 0 Å². The van der Waals surface area contributed by atoms with Crippen LogP contribution in [0.5, 0.6) is 0 Å². The second kappa shape index (κ2) is 6.68. The standard InChI is InChI=1S/C19H18N4O3S/c20-13-14-4-3-5-16(12-14)27(25,26)22-10-8-15(9-11-22)23-18-7-2-1-6-17(18)21-19(23)24/h1-7,12,15H,8-11H2,(H,21,24). The van der Waals surface area contributed by atoms with E-state index >= 15 is 0 Å². The predicted molar refractivity (Wildman–Crippen MR) is 101 cm³/mol. The van der Waals surface area contributed by atoms with Gasteiger partial charge >= 0.3 is 5.69 Å². The summed E-state index contributed by atoms with van der Waals surface area (Å²) in [6.07, 6.45) is 1.11. The predicted octanol–water partition coefficient (Wildman–Crippen LogP) is 2.23. The van der Waals surface area contributed by atoms with Gasteiger partial charge in [0, 0.05) is 19.1 Å². The molecule has 138 valence electrons. The molecule has 2 heterocycles. The highest BCUT2D eigenvalue weighted by Gasteiger charge is 2.31. The van der Waals surface area contributed by atoms with Gasteiger partial charge in [0.2, 0.25) is 10.0 Å². The van der Waals surface area contributed by atoms with Crippen LogP contribution < -0.4 is 5.69 Å². The van der Waals surface area contributed by atoms with E-state index in [4.69, 9.17) is 5.26 Å². The van der Waals surface area contributed by atoms with Gasteiger partial charge in [0.05, 0.1) is 27.6 Å². The molecule has 0 atom stereocenters. The molecule has 1 aromatic heterocycles. The third-order valence-electron chi connectivity index (χ3n) is 5.01. The molecule has 27 heavy (non-hydrogen) atoms. The first-order valence-electron chi connectivity index (χ1n) is 8.70. The first-order chi connectivity index (χ1) is 13.0. The summed E-state index contributed by atoms with van der Waals surface area (Å²) in [6.45, 7) is 0.658. The van der Waals surface area contributed by atoms with E-state index in [0.29, 0.717) is 31.5 Å². The molecule has 0 bridgehead atoms. The van der Waals surface area contributed by atoms with Crippen molar-refractivity contribution in [2.75, 3.05) is 13.1 Å². The van der Waals surface area contributed by atoms with Crippen LogP contribution in [0, 0.1) is 11.3 Å². The van der Waals surface area contributed by atoms with Crippen molar-refractivity contribution in [2.45, 2.75) is 23.8 Å². The monoisotopic (exact) mass is 382 g/mol. The number of nitrogens with one attached hydrogen (secondary N) is 1. The van der Waals surface area contributed by atoms with Crippen molar-refractivity contribution < 1.29 is 8.42 Å². The van der Waals surface area contributed by atoms with Crippen LogP contribution in [0.15, 0.2) is 58.2 Å². The van der Waals surface area contributed by atoms with Crippen molar-refractivity contribution in [3.05, 3.63) is 64.6 Å². The Morgan fingerprint density at radius 2 is 1.81 bits per heavy atom. The Bertz CT molecular complexity index is 1200. The number of benzene rings is 2. The second-order valence-corrected chi connectivity index (χ2v) is 8.53. The van der Waals surface area contributed by atoms with Gasteiger partial charge in [-0.25, -0.2) is 13.2 Å². The van der Waals surface area contributed by atoms with Crippen LogP contribution in [0.4, 0.5) is 0 Å².